The fourth-order valence-electron chi connectivity index (χ4n) is 2.06. The Morgan fingerprint density at radius 3 is 2.47 bits per heavy atom. The van der Waals surface area contributed by atoms with Crippen molar-refractivity contribution in [3.05, 3.63) is 35.6 Å². The molecule has 2 unspecified atom stereocenters. The Bertz CT molecular complexity index is 487. The van der Waals surface area contributed by atoms with Crippen LogP contribution in [0.25, 0.3) is 0 Å². The Kier molecular flexibility index (Phi) is 3.83. The molecule has 0 spiro atoms. The monoisotopic (exact) mass is 264 g/mol. The van der Waals surface area contributed by atoms with Crippen LogP contribution in [0.2, 0.25) is 0 Å². The molecule has 3 amide bonds. The molecule has 1 aliphatic rings. The molecule has 0 aromatic heterocycles. The Morgan fingerprint density at radius 1 is 1.21 bits per heavy atom. The zero-order chi connectivity index (χ0) is 14.0. The molecule has 2 atom stereocenters. The summed E-state index contributed by atoms with van der Waals surface area (Å²) in [4.78, 5) is 25.0. The molecule has 1 heterocycles. The van der Waals surface area contributed by atoms with Crippen LogP contribution < -0.4 is 5.32 Å². The Labute approximate surface area is 111 Å². The van der Waals surface area contributed by atoms with E-state index in [1.165, 1.54) is 17.0 Å². The minimum absolute atomic E-state index is 0.137. The average Bonchev–Trinajstić information content (AvgIpc) is 2.38. The number of nitrogens with one attached hydrogen (secondary N) is 1. The van der Waals surface area contributed by atoms with E-state index in [1.54, 1.807) is 19.1 Å². The van der Waals surface area contributed by atoms with Crippen molar-refractivity contribution < 1.29 is 14.0 Å². The molecule has 2 rings (SSSR count). The summed E-state index contributed by atoms with van der Waals surface area (Å²) in [5.74, 6) is -0.665. The molecular formula is C14H17FN2O2. The van der Waals surface area contributed by atoms with Crippen LogP contribution in [0.15, 0.2) is 24.3 Å². The number of nitrogens with zero attached hydrogens (tertiary/aromatic N) is 1. The highest BCUT2D eigenvalue weighted by atomic mass is 19.1. The Morgan fingerprint density at radius 2 is 1.84 bits per heavy atom. The number of rotatable bonds is 3. The Balaban J connectivity index is 2.00. The fraction of sp³-hybridized carbons (Fsp3) is 0.429. The third kappa shape index (κ3) is 2.92. The van der Waals surface area contributed by atoms with Crippen LogP contribution in [-0.2, 0) is 11.2 Å². The van der Waals surface area contributed by atoms with Crippen molar-refractivity contribution >= 4 is 11.9 Å². The van der Waals surface area contributed by atoms with E-state index in [0.29, 0.717) is 13.0 Å². The summed E-state index contributed by atoms with van der Waals surface area (Å²) in [6.45, 7) is 3.93. The van der Waals surface area contributed by atoms with Gasteiger partial charge in [0.25, 0.3) is 0 Å². The molecule has 1 saturated heterocycles. The predicted molar refractivity (Wildman–Crippen MR) is 69.0 cm³/mol. The van der Waals surface area contributed by atoms with Gasteiger partial charge in [0.15, 0.2) is 0 Å². The van der Waals surface area contributed by atoms with Crippen LogP contribution in [0, 0.1) is 11.7 Å². The maximum atomic E-state index is 12.8. The van der Waals surface area contributed by atoms with E-state index in [9.17, 15) is 14.0 Å². The van der Waals surface area contributed by atoms with Gasteiger partial charge in [0, 0.05) is 12.6 Å². The number of hydrogen-bond acceptors (Lipinski definition) is 2. The van der Waals surface area contributed by atoms with Gasteiger partial charge in [-0.25, -0.2) is 9.18 Å². The lowest BCUT2D eigenvalue weighted by Gasteiger charge is -2.34. The molecule has 1 N–H and O–H groups in total. The molecule has 5 heteroatoms. The molecule has 1 aliphatic heterocycles. The van der Waals surface area contributed by atoms with Gasteiger partial charge in [-0.05, 0) is 31.0 Å². The highest BCUT2D eigenvalue weighted by Crippen LogP contribution is 2.15. The predicted octanol–water partition coefficient (Wildman–Crippen LogP) is 1.94. The molecule has 0 radical (unpaired) electrons. The van der Waals surface area contributed by atoms with E-state index in [2.05, 4.69) is 5.32 Å². The van der Waals surface area contributed by atoms with Gasteiger partial charge in [-0.15, -0.1) is 0 Å². The summed E-state index contributed by atoms with van der Waals surface area (Å²) in [5.41, 5.74) is 0.897. The molecular weight excluding hydrogens is 247 g/mol. The zero-order valence-corrected chi connectivity index (χ0v) is 11.0. The number of urea groups is 1. The lowest BCUT2D eigenvalue weighted by atomic mass is 9.99. The summed E-state index contributed by atoms with van der Waals surface area (Å²) in [6.07, 6.45) is 0.528. The second-order valence-electron chi connectivity index (χ2n) is 4.89. The van der Waals surface area contributed by atoms with Gasteiger partial charge in [0.1, 0.15) is 5.82 Å². The first kappa shape index (κ1) is 13.5. The second kappa shape index (κ2) is 5.38. The smallest absolute Gasteiger partial charge is 0.324 e. The van der Waals surface area contributed by atoms with E-state index in [-0.39, 0.29) is 29.7 Å². The number of hydrogen-bond donors (Lipinski definition) is 1. The van der Waals surface area contributed by atoms with Gasteiger partial charge >= 0.3 is 6.03 Å². The van der Waals surface area contributed by atoms with Gasteiger partial charge in [-0.1, -0.05) is 19.1 Å². The van der Waals surface area contributed by atoms with Crippen LogP contribution in [0.3, 0.4) is 0 Å². The van der Waals surface area contributed by atoms with E-state index in [4.69, 9.17) is 0 Å². The highest BCUT2D eigenvalue weighted by Gasteiger charge is 2.35. The van der Waals surface area contributed by atoms with E-state index < -0.39 is 0 Å². The quantitative estimate of drug-likeness (QED) is 0.907. The summed E-state index contributed by atoms with van der Waals surface area (Å²) >= 11 is 0. The largest absolute Gasteiger partial charge is 0.334 e. The van der Waals surface area contributed by atoms with Gasteiger partial charge in [-0.3, -0.25) is 9.69 Å². The molecule has 0 bridgehead atoms. The number of imide groups is 1. The number of amides is 3. The van der Waals surface area contributed by atoms with E-state index in [1.807, 2.05) is 6.92 Å². The summed E-state index contributed by atoms with van der Waals surface area (Å²) < 4.78 is 12.8. The molecule has 1 fully saturated rings. The highest BCUT2D eigenvalue weighted by molar-refractivity contribution is 5.98. The third-order valence-electron chi connectivity index (χ3n) is 3.54. The van der Waals surface area contributed by atoms with Gasteiger partial charge in [-0.2, -0.15) is 0 Å². The van der Waals surface area contributed by atoms with Crippen LogP contribution in [0.1, 0.15) is 19.4 Å². The van der Waals surface area contributed by atoms with E-state index in [0.717, 1.165) is 5.56 Å². The van der Waals surface area contributed by atoms with Crippen molar-refractivity contribution in [2.45, 2.75) is 26.3 Å². The SMILES string of the molecule is CC1NC(=O)N(CCc2ccc(F)cc2)C(=O)C1C. The summed E-state index contributed by atoms with van der Waals surface area (Å²) in [5, 5.41) is 2.76. The first-order chi connectivity index (χ1) is 8.99. The normalized spacial score (nSPS) is 23.4. The third-order valence-corrected chi connectivity index (χ3v) is 3.54. The minimum Gasteiger partial charge on any atom is -0.334 e. The van der Waals surface area contributed by atoms with Crippen LogP contribution in [0.5, 0.6) is 0 Å². The lowest BCUT2D eigenvalue weighted by Crippen LogP contribution is -2.58. The van der Waals surface area contributed by atoms with Crippen molar-refractivity contribution in [1.29, 1.82) is 0 Å². The average molecular weight is 264 g/mol. The lowest BCUT2D eigenvalue weighted by molar-refractivity contribution is -0.134. The standard InChI is InChI=1S/C14H17FN2O2/c1-9-10(2)16-14(19)17(13(9)18)8-7-11-3-5-12(15)6-4-11/h3-6,9-10H,7-8H2,1-2H3,(H,16,19). The summed E-state index contributed by atoms with van der Waals surface area (Å²) in [7, 11) is 0. The van der Waals surface area contributed by atoms with Gasteiger partial charge in [0.05, 0.1) is 5.92 Å². The molecule has 0 saturated carbocycles. The number of carbonyl (C=O) groups is 2. The van der Waals surface area contributed by atoms with Crippen molar-refractivity contribution in [2.75, 3.05) is 6.54 Å². The van der Waals surface area contributed by atoms with Crippen molar-refractivity contribution in [2.24, 2.45) is 5.92 Å². The first-order valence-corrected chi connectivity index (χ1v) is 6.35. The molecule has 1 aromatic rings. The number of carbonyl (C=O) groups excluding carboxylic acids is 2. The molecule has 4 nitrogen and oxygen atoms in total. The van der Waals surface area contributed by atoms with Gasteiger partial charge in [0.2, 0.25) is 5.91 Å². The van der Waals surface area contributed by atoms with Crippen molar-refractivity contribution in [3.63, 3.8) is 0 Å². The number of benzene rings is 1. The van der Waals surface area contributed by atoms with E-state index >= 15 is 0 Å². The maximum absolute atomic E-state index is 12.8. The number of halogens is 1. The molecule has 1 aromatic carbocycles. The summed E-state index contributed by atoms with van der Waals surface area (Å²) in [6, 6.07) is 5.58. The molecule has 102 valence electrons. The topological polar surface area (TPSA) is 49.4 Å². The first-order valence-electron chi connectivity index (χ1n) is 6.35. The zero-order valence-electron chi connectivity index (χ0n) is 11.0. The molecule has 0 aliphatic carbocycles. The minimum atomic E-state index is -0.349. The Hall–Kier alpha value is -1.91. The second-order valence-corrected chi connectivity index (χ2v) is 4.89. The van der Waals surface area contributed by atoms with Crippen LogP contribution in [-0.4, -0.2) is 29.4 Å². The fourth-order valence-corrected chi connectivity index (χ4v) is 2.06. The maximum Gasteiger partial charge on any atom is 0.324 e. The van der Waals surface area contributed by atoms with Crippen LogP contribution >= 0.6 is 0 Å². The van der Waals surface area contributed by atoms with Crippen molar-refractivity contribution in [3.8, 4) is 0 Å². The molecule has 19 heavy (non-hydrogen) atoms. The van der Waals surface area contributed by atoms with Crippen LogP contribution in [0.4, 0.5) is 9.18 Å². The van der Waals surface area contributed by atoms with Gasteiger partial charge < -0.3 is 5.32 Å². The van der Waals surface area contributed by atoms with Crippen molar-refractivity contribution in [1.82, 2.24) is 10.2 Å².